The lowest BCUT2D eigenvalue weighted by Crippen LogP contribution is -2.36. The molecule has 1 nitrogen and oxygen atoms in total. The van der Waals surface area contributed by atoms with E-state index in [-0.39, 0.29) is 0 Å². The number of rotatable bonds is 5. The van der Waals surface area contributed by atoms with Gasteiger partial charge in [0.1, 0.15) is 0 Å². The monoisotopic (exact) mass is 158 g/mol. The van der Waals surface area contributed by atoms with Crippen LogP contribution in [0.2, 0.25) is 0 Å². The lowest BCUT2D eigenvalue weighted by atomic mass is 10.0. The van der Waals surface area contributed by atoms with E-state index in [0.29, 0.717) is 0 Å². The molecule has 0 aromatic rings. The van der Waals surface area contributed by atoms with Gasteiger partial charge in [-0.25, -0.2) is 0 Å². The topological polar surface area (TPSA) is 0 Å². The molecule has 0 heterocycles. The maximum Gasteiger partial charge on any atom is 0.0783 e. The van der Waals surface area contributed by atoms with Crippen LogP contribution in [-0.2, 0) is 0 Å². The van der Waals surface area contributed by atoms with Gasteiger partial charge in [-0.15, -0.1) is 0 Å². The van der Waals surface area contributed by atoms with Gasteiger partial charge in [0.2, 0.25) is 0 Å². The van der Waals surface area contributed by atoms with Gasteiger partial charge in [-0.1, -0.05) is 26.7 Å². The van der Waals surface area contributed by atoms with E-state index in [1.54, 1.807) is 0 Å². The number of hydrogen-bond acceptors (Lipinski definition) is 0. The van der Waals surface area contributed by atoms with Crippen LogP contribution in [0.15, 0.2) is 0 Å². The second-order valence-electron chi connectivity index (χ2n) is 4.70. The predicted molar refractivity (Wildman–Crippen MR) is 51.6 cm³/mol. The zero-order chi connectivity index (χ0) is 8.91. The summed E-state index contributed by atoms with van der Waals surface area (Å²) in [6.07, 6.45) is 4.09. The Bertz CT molecular complexity index is 91.5. The standard InChI is InChI=1S/C10H24N/c1-6-7-10(2)8-9-11(3,4)5/h10H,6-9H2,1-5H3/q+1. The van der Waals surface area contributed by atoms with E-state index in [9.17, 15) is 0 Å². The molecule has 0 amide bonds. The number of quaternary nitrogens is 1. The summed E-state index contributed by atoms with van der Waals surface area (Å²) in [5.74, 6) is 0.914. The molecule has 0 spiro atoms. The van der Waals surface area contributed by atoms with Crippen LogP contribution in [0.5, 0.6) is 0 Å². The summed E-state index contributed by atoms with van der Waals surface area (Å²) in [5, 5.41) is 0. The molecule has 1 atom stereocenters. The fourth-order valence-corrected chi connectivity index (χ4v) is 1.24. The summed E-state index contributed by atoms with van der Waals surface area (Å²) in [4.78, 5) is 0. The van der Waals surface area contributed by atoms with Crippen molar-refractivity contribution >= 4 is 0 Å². The molecule has 0 fully saturated rings. The zero-order valence-corrected chi connectivity index (χ0v) is 8.85. The normalized spacial score (nSPS) is 15.0. The summed E-state index contributed by atoms with van der Waals surface area (Å²) in [7, 11) is 6.79. The molecular weight excluding hydrogens is 134 g/mol. The van der Waals surface area contributed by atoms with E-state index in [2.05, 4.69) is 35.0 Å². The summed E-state index contributed by atoms with van der Waals surface area (Å²) in [6, 6.07) is 0. The van der Waals surface area contributed by atoms with Crippen molar-refractivity contribution in [3.8, 4) is 0 Å². The molecule has 0 saturated heterocycles. The Balaban J connectivity index is 3.38. The third-order valence-corrected chi connectivity index (χ3v) is 2.07. The van der Waals surface area contributed by atoms with E-state index in [0.717, 1.165) is 10.4 Å². The SMILES string of the molecule is CCCC(C)CC[N+](C)(C)C. The predicted octanol–water partition coefficient (Wildman–Crippen LogP) is 2.52. The summed E-state index contributed by atoms with van der Waals surface area (Å²) in [6.45, 7) is 5.93. The minimum Gasteiger partial charge on any atom is -0.331 e. The molecule has 0 aliphatic heterocycles. The molecule has 0 bridgehead atoms. The highest BCUT2D eigenvalue weighted by atomic mass is 15.3. The first-order chi connectivity index (χ1) is 4.95. The molecule has 0 aromatic heterocycles. The van der Waals surface area contributed by atoms with Crippen molar-refractivity contribution in [2.75, 3.05) is 27.7 Å². The van der Waals surface area contributed by atoms with Crippen LogP contribution in [-0.4, -0.2) is 32.2 Å². The molecule has 0 radical (unpaired) electrons. The summed E-state index contributed by atoms with van der Waals surface area (Å²) < 4.78 is 1.11. The molecule has 0 rings (SSSR count). The van der Waals surface area contributed by atoms with Gasteiger partial charge in [0.15, 0.2) is 0 Å². The third kappa shape index (κ3) is 7.86. The molecule has 0 aliphatic rings. The van der Waals surface area contributed by atoms with Gasteiger partial charge in [-0.3, -0.25) is 0 Å². The summed E-state index contributed by atoms with van der Waals surface area (Å²) >= 11 is 0. The Hall–Kier alpha value is -0.0400. The largest absolute Gasteiger partial charge is 0.331 e. The Kier molecular flexibility index (Phi) is 4.74. The van der Waals surface area contributed by atoms with Crippen molar-refractivity contribution in [2.45, 2.75) is 33.1 Å². The van der Waals surface area contributed by atoms with Gasteiger partial charge >= 0.3 is 0 Å². The zero-order valence-electron chi connectivity index (χ0n) is 8.85. The maximum atomic E-state index is 2.36. The third-order valence-electron chi connectivity index (χ3n) is 2.07. The van der Waals surface area contributed by atoms with Crippen LogP contribution >= 0.6 is 0 Å². The Morgan fingerprint density at radius 3 is 2.00 bits per heavy atom. The van der Waals surface area contributed by atoms with Crippen LogP contribution in [0.1, 0.15) is 33.1 Å². The van der Waals surface area contributed by atoms with E-state index in [4.69, 9.17) is 0 Å². The molecule has 0 saturated carbocycles. The molecule has 11 heavy (non-hydrogen) atoms. The summed E-state index contributed by atoms with van der Waals surface area (Å²) in [5.41, 5.74) is 0. The second-order valence-corrected chi connectivity index (χ2v) is 4.70. The van der Waals surface area contributed by atoms with Crippen LogP contribution < -0.4 is 0 Å². The fraction of sp³-hybridized carbons (Fsp3) is 1.00. The lowest BCUT2D eigenvalue weighted by Gasteiger charge is -2.25. The Labute approximate surface area is 72.0 Å². The van der Waals surface area contributed by atoms with Gasteiger partial charge < -0.3 is 4.48 Å². The molecular formula is C10H24N+. The molecule has 0 aromatic carbocycles. The van der Waals surface area contributed by atoms with Crippen LogP contribution in [0.3, 0.4) is 0 Å². The highest BCUT2D eigenvalue weighted by Gasteiger charge is 2.09. The van der Waals surface area contributed by atoms with Gasteiger partial charge in [-0.2, -0.15) is 0 Å². The molecule has 0 N–H and O–H groups in total. The highest BCUT2D eigenvalue weighted by molar-refractivity contribution is 4.50. The van der Waals surface area contributed by atoms with Crippen molar-refractivity contribution in [3.05, 3.63) is 0 Å². The minimum absolute atomic E-state index is 0.914. The lowest BCUT2D eigenvalue weighted by molar-refractivity contribution is -0.870. The molecule has 1 unspecified atom stereocenters. The van der Waals surface area contributed by atoms with Crippen LogP contribution in [0.25, 0.3) is 0 Å². The quantitative estimate of drug-likeness (QED) is 0.539. The first kappa shape index (κ1) is 11.0. The molecule has 1 heteroatoms. The highest BCUT2D eigenvalue weighted by Crippen LogP contribution is 2.11. The Morgan fingerprint density at radius 2 is 1.64 bits per heavy atom. The van der Waals surface area contributed by atoms with Gasteiger partial charge in [0, 0.05) is 0 Å². The van der Waals surface area contributed by atoms with Crippen LogP contribution in [0.4, 0.5) is 0 Å². The Morgan fingerprint density at radius 1 is 1.09 bits per heavy atom. The molecule has 68 valence electrons. The smallest absolute Gasteiger partial charge is 0.0783 e. The number of hydrogen-bond donors (Lipinski definition) is 0. The van der Waals surface area contributed by atoms with Crippen molar-refractivity contribution in [3.63, 3.8) is 0 Å². The average Bonchev–Trinajstić information content (AvgIpc) is 1.83. The van der Waals surface area contributed by atoms with E-state index in [1.807, 2.05) is 0 Å². The van der Waals surface area contributed by atoms with Crippen LogP contribution in [0, 0.1) is 5.92 Å². The van der Waals surface area contributed by atoms with Gasteiger partial charge in [-0.05, 0) is 12.3 Å². The minimum atomic E-state index is 0.914. The average molecular weight is 158 g/mol. The van der Waals surface area contributed by atoms with Gasteiger partial charge in [0.05, 0.1) is 27.7 Å². The van der Waals surface area contributed by atoms with Crippen molar-refractivity contribution in [1.29, 1.82) is 0 Å². The van der Waals surface area contributed by atoms with E-state index < -0.39 is 0 Å². The van der Waals surface area contributed by atoms with Gasteiger partial charge in [0.25, 0.3) is 0 Å². The first-order valence-electron chi connectivity index (χ1n) is 4.76. The second kappa shape index (κ2) is 4.76. The van der Waals surface area contributed by atoms with E-state index >= 15 is 0 Å². The number of nitrogens with zero attached hydrogens (tertiary/aromatic N) is 1. The first-order valence-corrected chi connectivity index (χ1v) is 4.76. The van der Waals surface area contributed by atoms with Crippen molar-refractivity contribution < 1.29 is 4.48 Å². The fourth-order valence-electron chi connectivity index (χ4n) is 1.24. The van der Waals surface area contributed by atoms with E-state index in [1.165, 1.54) is 25.8 Å². The van der Waals surface area contributed by atoms with Crippen molar-refractivity contribution in [1.82, 2.24) is 0 Å². The van der Waals surface area contributed by atoms with Crippen molar-refractivity contribution in [2.24, 2.45) is 5.92 Å². The maximum absolute atomic E-state index is 2.36. The molecule has 0 aliphatic carbocycles.